The molecule has 0 fully saturated rings. The molecule has 0 bridgehead atoms. The average molecular weight is 496 g/mol. The lowest BCUT2D eigenvalue weighted by Crippen LogP contribution is -2.40. The number of carbonyl (C=O) groups excluding carboxylic acids is 2. The van der Waals surface area contributed by atoms with Crippen LogP contribution in [0.25, 0.3) is 0 Å². The highest BCUT2D eigenvalue weighted by Gasteiger charge is 2.16. The van der Waals surface area contributed by atoms with Crippen LogP contribution in [0.15, 0.2) is 71.6 Å². The van der Waals surface area contributed by atoms with Crippen LogP contribution in [0.2, 0.25) is 0 Å². The largest absolute Gasteiger partial charge is 0.423 e. The van der Waals surface area contributed by atoms with E-state index in [0.717, 1.165) is 11.1 Å². The van der Waals surface area contributed by atoms with E-state index < -0.39 is 16.0 Å². The fourth-order valence-electron chi connectivity index (χ4n) is 3.13. The van der Waals surface area contributed by atoms with Crippen molar-refractivity contribution < 1.29 is 22.7 Å². The first-order valence-corrected chi connectivity index (χ1v) is 12.5. The second-order valence-electron chi connectivity index (χ2n) is 8.48. The van der Waals surface area contributed by atoms with Gasteiger partial charge in [-0.3, -0.25) is 9.62 Å². The van der Waals surface area contributed by atoms with Crippen molar-refractivity contribution in [3.63, 3.8) is 0 Å². The number of carbonyl (C=O) groups is 2. The van der Waals surface area contributed by atoms with Gasteiger partial charge in [-0.1, -0.05) is 6.07 Å². The van der Waals surface area contributed by atoms with Crippen molar-refractivity contribution in [1.82, 2.24) is 5.32 Å². The van der Waals surface area contributed by atoms with Crippen molar-refractivity contribution in [3.8, 4) is 5.75 Å². The monoisotopic (exact) mass is 495 g/mol. The van der Waals surface area contributed by atoms with E-state index in [2.05, 4.69) is 10.0 Å². The van der Waals surface area contributed by atoms with E-state index in [4.69, 9.17) is 4.74 Å². The molecule has 9 heteroatoms. The lowest BCUT2D eigenvalue weighted by Gasteiger charge is -2.20. The van der Waals surface area contributed by atoms with E-state index in [1.54, 1.807) is 49.5 Å². The lowest BCUT2D eigenvalue weighted by atomic mass is 10.1. The Balaban J connectivity index is 1.64. The number of aryl methyl sites for hydroxylation is 2. The van der Waals surface area contributed by atoms with Crippen LogP contribution in [-0.4, -0.2) is 33.5 Å². The van der Waals surface area contributed by atoms with E-state index in [9.17, 15) is 18.0 Å². The molecule has 184 valence electrons. The number of esters is 1. The number of urea groups is 1. The van der Waals surface area contributed by atoms with Crippen molar-refractivity contribution in [1.29, 1.82) is 0 Å². The molecule has 0 unspecified atom stereocenters. The summed E-state index contributed by atoms with van der Waals surface area (Å²) < 4.78 is 33.2. The molecule has 3 aromatic carbocycles. The highest BCUT2D eigenvalue weighted by Crippen LogP contribution is 2.22. The van der Waals surface area contributed by atoms with Crippen LogP contribution < -0.4 is 19.7 Å². The van der Waals surface area contributed by atoms with Gasteiger partial charge in [-0.05, 0) is 99.5 Å². The number of ether oxygens (including phenoxy) is 1. The van der Waals surface area contributed by atoms with Gasteiger partial charge in [0.1, 0.15) is 5.75 Å². The molecule has 0 aromatic heterocycles. The number of nitrogens with one attached hydrogen (secondary N) is 2. The molecule has 0 spiro atoms. The third-order valence-corrected chi connectivity index (χ3v) is 6.69. The second kappa shape index (κ2) is 10.6. The first-order valence-electron chi connectivity index (χ1n) is 11.0. The first kappa shape index (κ1) is 25.8. The molecular weight excluding hydrogens is 466 g/mol. The molecule has 3 rings (SSSR count). The SMILES string of the molecule is Cc1ccc(S(=O)(=O)Nc2ccc(C(=O)Oc3ccc(N(C)C(=O)NC(C)C)cc3)cc2)cc1C. The van der Waals surface area contributed by atoms with Crippen molar-refractivity contribution in [2.24, 2.45) is 0 Å². The zero-order valence-corrected chi connectivity index (χ0v) is 21.1. The summed E-state index contributed by atoms with van der Waals surface area (Å²) in [5.74, 6) is -0.275. The molecule has 2 N–H and O–H groups in total. The zero-order chi connectivity index (χ0) is 25.8. The minimum Gasteiger partial charge on any atom is -0.423 e. The quantitative estimate of drug-likeness (QED) is 0.359. The second-order valence-corrected chi connectivity index (χ2v) is 10.2. The number of sulfonamides is 1. The maximum absolute atomic E-state index is 12.7. The third-order valence-electron chi connectivity index (χ3n) is 5.31. The number of hydrogen-bond donors (Lipinski definition) is 2. The van der Waals surface area contributed by atoms with Crippen LogP contribution in [0.3, 0.4) is 0 Å². The standard InChI is InChI=1S/C26H29N3O5S/c1-17(2)27-26(31)29(5)22-11-13-23(14-12-22)34-25(30)20-7-9-21(10-8-20)28-35(32,33)24-15-6-18(3)19(4)16-24/h6-17,28H,1-5H3,(H,27,31). The summed E-state index contributed by atoms with van der Waals surface area (Å²) >= 11 is 0. The molecule has 8 nitrogen and oxygen atoms in total. The Morgan fingerprint density at radius 2 is 1.51 bits per heavy atom. The van der Waals surface area contributed by atoms with Crippen molar-refractivity contribution in [2.45, 2.75) is 38.6 Å². The van der Waals surface area contributed by atoms with Gasteiger partial charge in [0.25, 0.3) is 10.0 Å². The summed E-state index contributed by atoms with van der Waals surface area (Å²) in [5, 5.41) is 2.80. The van der Waals surface area contributed by atoms with E-state index in [-0.39, 0.29) is 22.5 Å². The van der Waals surface area contributed by atoms with Crippen LogP contribution in [0.1, 0.15) is 35.3 Å². The molecule has 0 saturated carbocycles. The molecule has 0 aliphatic rings. The van der Waals surface area contributed by atoms with Crippen LogP contribution in [-0.2, 0) is 10.0 Å². The summed E-state index contributed by atoms with van der Waals surface area (Å²) in [5.41, 5.74) is 3.11. The van der Waals surface area contributed by atoms with Gasteiger partial charge in [-0.25, -0.2) is 18.0 Å². The number of hydrogen-bond acceptors (Lipinski definition) is 5. The Morgan fingerprint density at radius 3 is 2.09 bits per heavy atom. The van der Waals surface area contributed by atoms with Gasteiger partial charge in [0.15, 0.2) is 0 Å². The highest BCUT2D eigenvalue weighted by atomic mass is 32.2. The normalized spacial score (nSPS) is 11.1. The number of nitrogens with zero attached hydrogens (tertiary/aromatic N) is 1. The van der Waals surface area contributed by atoms with Crippen LogP contribution >= 0.6 is 0 Å². The van der Waals surface area contributed by atoms with Gasteiger partial charge in [0.05, 0.1) is 10.5 Å². The number of rotatable bonds is 7. The van der Waals surface area contributed by atoms with Gasteiger partial charge in [0.2, 0.25) is 0 Å². The fourth-order valence-corrected chi connectivity index (χ4v) is 4.28. The van der Waals surface area contributed by atoms with Crippen molar-refractivity contribution in [3.05, 3.63) is 83.4 Å². The van der Waals surface area contributed by atoms with E-state index in [0.29, 0.717) is 17.1 Å². The van der Waals surface area contributed by atoms with Gasteiger partial charge in [0, 0.05) is 24.5 Å². The molecule has 2 amide bonds. The number of amides is 2. The van der Waals surface area contributed by atoms with Gasteiger partial charge in [-0.15, -0.1) is 0 Å². The summed E-state index contributed by atoms with van der Waals surface area (Å²) in [7, 11) is -2.11. The van der Waals surface area contributed by atoms with Crippen LogP contribution in [0.4, 0.5) is 16.2 Å². The average Bonchev–Trinajstić information content (AvgIpc) is 2.80. The van der Waals surface area contributed by atoms with Crippen molar-refractivity contribution >= 4 is 33.4 Å². The smallest absolute Gasteiger partial charge is 0.343 e. The molecule has 0 radical (unpaired) electrons. The Hall–Kier alpha value is -3.85. The van der Waals surface area contributed by atoms with Gasteiger partial charge in [-0.2, -0.15) is 0 Å². The topological polar surface area (TPSA) is 105 Å². The van der Waals surface area contributed by atoms with Crippen molar-refractivity contribution in [2.75, 3.05) is 16.7 Å². The number of benzene rings is 3. The van der Waals surface area contributed by atoms with E-state index >= 15 is 0 Å². The first-order chi connectivity index (χ1) is 16.5. The maximum Gasteiger partial charge on any atom is 0.343 e. The molecular formula is C26H29N3O5S. The zero-order valence-electron chi connectivity index (χ0n) is 20.3. The van der Waals surface area contributed by atoms with E-state index in [1.165, 1.54) is 29.2 Å². The molecule has 0 saturated heterocycles. The van der Waals surface area contributed by atoms with Gasteiger partial charge < -0.3 is 10.1 Å². The predicted octanol–water partition coefficient (Wildman–Crippen LogP) is 4.88. The molecule has 0 aliphatic heterocycles. The summed E-state index contributed by atoms with van der Waals surface area (Å²) in [4.78, 5) is 26.3. The molecule has 3 aromatic rings. The number of anilines is 2. The summed E-state index contributed by atoms with van der Waals surface area (Å²) in [6.07, 6.45) is 0. The molecule has 35 heavy (non-hydrogen) atoms. The Labute approximate surface area is 206 Å². The fraction of sp³-hybridized carbons (Fsp3) is 0.231. The summed E-state index contributed by atoms with van der Waals surface area (Å²) in [6, 6.07) is 17.2. The molecule has 0 aliphatic carbocycles. The Bertz CT molecular complexity index is 1320. The maximum atomic E-state index is 12.7. The van der Waals surface area contributed by atoms with Gasteiger partial charge >= 0.3 is 12.0 Å². The Morgan fingerprint density at radius 1 is 0.886 bits per heavy atom. The van der Waals surface area contributed by atoms with Crippen LogP contribution in [0.5, 0.6) is 5.75 Å². The third kappa shape index (κ3) is 6.60. The predicted molar refractivity (Wildman–Crippen MR) is 137 cm³/mol. The Kier molecular flexibility index (Phi) is 7.81. The minimum absolute atomic E-state index is 0.0127. The van der Waals surface area contributed by atoms with E-state index in [1.807, 2.05) is 27.7 Å². The molecule has 0 heterocycles. The highest BCUT2D eigenvalue weighted by molar-refractivity contribution is 7.92. The van der Waals surface area contributed by atoms with Crippen LogP contribution in [0, 0.1) is 13.8 Å². The lowest BCUT2D eigenvalue weighted by molar-refractivity contribution is 0.0734. The molecule has 0 atom stereocenters. The summed E-state index contributed by atoms with van der Waals surface area (Å²) in [6.45, 7) is 7.52. The minimum atomic E-state index is -3.76.